The van der Waals surface area contributed by atoms with Crippen molar-refractivity contribution in [2.45, 2.75) is 26.7 Å². The Balaban J connectivity index is 1.88. The van der Waals surface area contributed by atoms with Crippen molar-refractivity contribution in [3.8, 4) is 5.75 Å². The summed E-state index contributed by atoms with van der Waals surface area (Å²) < 4.78 is 10.0. The average molecular weight is 362 g/mol. The average Bonchev–Trinajstić information content (AvgIpc) is 2.91. The van der Waals surface area contributed by atoms with E-state index in [9.17, 15) is 9.59 Å². The first-order chi connectivity index (χ1) is 12.4. The predicted molar refractivity (Wildman–Crippen MR) is 100 cm³/mol. The van der Waals surface area contributed by atoms with Gasteiger partial charge in [-0.25, -0.2) is 0 Å². The zero-order chi connectivity index (χ0) is 19.2. The van der Waals surface area contributed by atoms with E-state index < -0.39 is 5.41 Å². The summed E-state index contributed by atoms with van der Waals surface area (Å²) in [6, 6.07) is 7.24. The molecule has 0 aromatic heterocycles. The van der Waals surface area contributed by atoms with Crippen molar-refractivity contribution in [2.24, 2.45) is 5.41 Å². The Kier molecular flexibility index (Phi) is 7.03. The quantitative estimate of drug-likeness (QED) is 0.728. The van der Waals surface area contributed by atoms with Crippen LogP contribution in [0.5, 0.6) is 5.75 Å². The highest BCUT2D eigenvalue weighted by molar-refractivity contribution is 5.94. The summed E-state index contributed by atoms with van der Waals surface area (Å²) in [6.07, 6.45) is 1.67. The molecule has 6 heteroatoms. The van der Waals surface area contributed by atoms with Crippen molar-refractivity contribution < 1.29 is 19.1 Å². The second-order valence-electron chi connectivity index (χ2n) is 7.34. The van der Waals surface area contributed by atoms with Crippen LogP contribution >= 0.6 is 0 Å². The first kappa shape index (κ1) is 20.2. The molecule has 1 aromatic rings. The van der Waals surface area contributed by atoms with E-state index in [1.807, 2.05) is 43.0 Å². The zero-order valence-corrected chi connectivity index (χ0v) is 16.3. The summed E-state index contributed by atoms with van der Waals surface area (Å²) in [6.45, 7) is 7.85. The molecule has 144 valence electrons. The van der Waals surface area contributed by atoms with E-state index >= 15 is 0 Å². The van der Waals surface area contributed by atoms with Gasteiger partial charge in [-0.15, -0.1) is 0 Å². The lowest BCUT2D eigenvalue weighted by Crippen LogP contribution is -2.37. The van der Waals surface area contributed by atoms with Crippen molar-refractivity contribution in [3.63, 3.8) is 0 Å². The Hall–Kier alpha value is -2.08. The van der Waals surface area contributed by atoms with Crippen LogP contribution in [0.4, 0.5) is 0 Å². The van der Waals surface area contributed by atoms with Crippen LogP contribution in [-0.2, 0) is 9.53 Å². The molecule has 0 spiro atoms. The van der Waals surface area contributed by atoms with E-state index in [1.54, 1.807) is 7.11 Å². The van der Waals surface area contributed by atoms with E-state index in [0.717, 1.165) is 44.8 Å². The number of methoxy groups -OCH3 is 2. The van der Waals surface area contributed by atoms with Gasteiger partial charge in [0.05, 0.1) is 19.6 Å². The van der Waals surface area contributed by atoms with Crippen molar-refractivity contribution in [2.75, 3.05) is 46.9 Å². The Morgan fingerprint density at radius 3 is 2.35 bits per heavy atom. The highest BCUT2D eigenvalue weighted by Gasteiger charge is 2.29. The van der Waals surface area contributed by atoms with Crippen LogP contribution in [0.1, 0.15) is 37.0 Å². The molecule has 1 aromatic carbocycles. The Morgan fingerprint density at radius 1 is 1.04 bits per heavy atom. The van der Waals surface area contributed by atoms with Gasteiger partial charge in [-0.3, -0.25) is 9.59 Å². The minimum atomic E-state index is -0.486. The normalized spacial score (nSPS) is 16.1. The molecular formula is C20H30N2O4. The minimum Gasteiger partial charge on any atom is -0.497 e. The second kappa shape index (κ2) is 9.03. The first-order valence-corrected chi connectivity index (χ1v) is 9.11. The standard InChI is InChI=1S/C20H30N2O4/c1-20(2,19(24)26-4)10-13-21-11-5-12-22(15-14-21)18(23)16-6-8-17(25-3)9-7-16/h6-9H,5,10-15H2,1-4H3. The molecule has 1 aliphatic heterocycles. The number of rotatable bonds is 6. The van der Waals surface area contributed by atoms with Gasteiger partial charge in [0.1, 0.15) is 5.75 Å². The van der Waals surface area contributed by atoms with Crippen molar-refractivity contribution in [3.05, 3.63) is 29.8 Å². The fourth-order valence-corrected chi connectivity index (χ4v) is 3.13. The highest BCUT2D eigenvalue weighted by Crippen LogP contribution is 2.23. The van der Waals surface area contributed by atoms with Gasteiger partial charge < -0.3 is 19.3 Å². The van der Waals surface area contributed by atoms with E-state index in [0.29, 0.717) is 12.1 Å². The van der Waals surface area contributed by atoms with Gasteiger partial charge in [-0.2, -0.15) is 0 Å². The molecule has 1 aliphatic rings. The summed E-state index contributed by atoms with van der Waals surface area (Å²) in [5.41, 5.74) is 0.200. The molecule has 1 fully saturated rings. The molecular weight excluding hydrogens is 332 g/mol. The van der Waals surface area contributed by atoms with Gasteiger partial charge in [0, 0.05) is 25.2 Å². The van der Waals surface area contributed by atoms with Gasteiger partial charge in [-0.1, -0.05) is 0 Å². The van der Waals surface area contributed by atoms with Crippen LogP contribution < -0.4 is 4.74 Å². The minimum absolute atomic E-state index is 0.0596. The van der Waals surface area contributed by atoms with Gasteiger partial charge in [-0.05, 0) is 64.0 Å². The summed E-state index contributed by atoms with van der Waals surface area (Å²) in [5, 5.41) is 0. The SMILES string of the molecule is COC(=O)C(C)(C)CCN1CCCN(C(=O)c2ccc(OC)cc2)CC1. The van der Waals surface area contributed by atoms with Crippen LogP contribution in [0, 0.1) is 5.41 Å². The molecule has 0 atom stereocenters. The van der Waals surface area contributed by atoms with E-state index in [-0.39, 0.29) is 11.9 Å². The first-order valence-electron chi connectivity index (χ1n) is 9.11. The maximum Gasteiger partial charge on any atom is 0.311 e. The lowest BCUT2D eigenvalue weighted by atomic mass is 9.89. The van der Waals surface area contributed by atoms with Gasteiger partial charge in [0.25, 0.3) is 5.91 Å². The van der Waals surface area contributed by atoms with Crippen molar-refractivity contribution >= 4 is 11.9 Å². The monoisotopic (exact) mass is 362 g/mol. The van der Waals surface area contributed by atoms with Crippen LogP contribution in [0.15, 0.2) is 24.3 Å². The van der Waals surface area contributed by atoms with Gasteiger partial charge in [0.15, 0.2) is 0 Å². The molecule has 0 radical (unpaired) electrons. The fraction of sp³-hybridized carbons (Fsp3) is 0.600. The number of carbonyl (C=O) groups excluding carboxylic acids is 2. The fourth-order valence-electron chi connectivity index (χ4n) is 3.13. The van der Waals surface area contributed by atoms with E-state index in [4.69, 9.17) is 9.47 Å². The third-order valence-corrected chi connectivity index (χ3v) is 5.00. The van der Waals surface area contributed by atoms with E-state index in [1.165, 1.54) is 7.11 Å². The van der Waals surface area contributed by atoms with Crippen LogP contribution in [-0.4, -0.2) is 68.6 Å². The molecule has 1 saturated heterocycles. The lowest BCUT2D eigenvalue weighted by molar-refractivity contribution is -0.151. The molecule has 0 aliphatic carbocycles. The smallest absolute Gasteiger partial charge is 0.311 e. The van der Waals surface area contributed by atoms with Crippen LogP contribution in [0.25, 0.3) is 0 Å². The molecule has 6 nitrogen and oxygen atoms in total. The van der Waals surface area contributed by atoms with Crippen molar-refractivity contribution in [1.29, 1.82) is 0 Å². The molecule has 1 amide bonds. The second-order valence-corrected chi connectivity index (χ2v) is 7.34. The number of ether oxygens (including phenoxy) is 2. The molecule has 1 heterocycles. The lowest BCUT2D eigenvalue weighted by Gasteiger charge is -2.26. The Bertz CT molecular complexity index is 613. The predicted octanol–water partition coefficient (Wildman–Crippen LogP) is 2.43. The molecule has 0 saturated carbocycles. The number of hydrogen-bond donors (Lipinski definition) is 0. The number of nitrogens with zero attached hydrogens (tertiary/aromatic N) is 2. The number of hydrogen-bond acceptors (Lipinski definition) is 5. The van der Waals surface area contributed by atoms with Crippen LogP contribution in [0.3, 0.4) is 0 Å². The number of carbonyl (C=O) groups is 2. The maximum absolute atomic E-state index is 12.7. The summed E-state index contributed by atoms with van der Waals surface area (Å²) in [4.78, 5) is 28.8. The number of amides is 1. The third-order valence-electron chi connectivity index (χ3n) is 5.00. The topological polar surface area (TPSA) is 59.1 Å². The summed E-state index contributed by atoms with van der Waals surface area (Å²) >= 11 is 0. The van der Waals surface area contributed by atoms with Gasteiger partial charge >= 0.3 is 5.97 Å². The van der Waals surface area contributed by atoms with Gasteiger partial charge in [0.2, 0.25) is 0 Å². The van der Waals surface area contributed by atoms with Crippen LogP contribution in [0.2, 0.25) is 0 Å². The number of benzene rings is 1. The number of esters is 1. The summed E-state index contributed by atoms with van der Waals surface area (Å²) in [5.74, 6) is 0.629. The Labute approximate surface area is 156 Å². The highest BCUT2D eigenvalue weighted by atomic mass is 16.5. The molecule has 0 N–H and O–H groups in total. The molecule has 0 unspecified atom stereocenters. The maximum atomic E-state index is 12.7. The van der Waals surface area contributed by atoms with E-state index in [2.05, 4.69) is 4.90 Å². The third kappa shape index (κ3) is 5.21. The zero-order valence-electron chi connectivity index (χ0n) is 16.3. The molecule has 26 heavy (non-hydrogen) atoms. The molecule has 0 bridgehead atoms. The van der Waals surface area contributed by atoms with Crippen molar-refractivity contribution in [1.82, 2.24) is 9.80 Å². The molecule has 2 rings (SSSR count). The summed E-state index contributed by atoms with van der Waals surface area (Å²) in [7, 11) is 3.04. The Morgan fingerprint density at radius 2 is 1.73 bits per heavy atom. The largest absolute Gasteiger partial charge is 0.497 e.